The standard InChI is InChI=1S/C12H20N4O/c1-2-16(10-3-4-10)6-5-14-12(17)11-7-9(13)8-15-11/h7-8,10,15H,2-6,13H2,1H3,(H,14,17). The number of nitrogen functional groups attached to an aromatic ring is 1. The molecule has 5 heteroatoms. The second-order valence-electron chi connectivity index (χ2n) is 4.46. The Balaban J connectivity index is 1.72. The molecule has 1 heterocycles. The molecule has 0 unspecified atom stereocenters. The maximum absolute atomic E-state index is 11.7. The Morgan fingerprint density at radius 2 is 2.41 bits per heavy atom. The first-order chi connectivity index (χ1) is 8.20. The van der Waals surface area contributed by atoms with Crippen LogP contribution in [0.5, 0.6) is 0 Å². The van der Waals surface area contributed by atoms with E-state index in [1.807, 2.05) is 0 Å². The zero-order chi connectivity index (χ0) is 12.3. The summed E-state index contributed by atoms with van der Waals surface area (Å²) in [4.78, 5) is 16.9. The van der Waals surface area contributed by atoms with E-state index in [1.165, 1.54) is 12.8 Å². The Morgan fingerprint density at radius 1 is 1.65 bits per heavy atom. The van der Waals surface area contributed by atoms with Gasteiger partial charge in [0.15, 0.2) is 0 Å². The van der Waals surface area contributed by atoms with Crippen molar-refractivity contribution in [3.8, 4) is 0 Å². The van der Waals surface area contributed by atoms with Crippen molar-refractivity contribution in [3.05, 3.63) is 18.0 Å². The van der Waals surface area contributed by atoms with E-state index in [4.69, 9.17) is 5.73 Å². The van der Waals surface area contributed by atoms with Gasteiger partial charge in [0.05, 0.1) is 0 Å². The summed E-state index contributed by atoms with van der Waals surface area (Å²) >= 11 is 0. The second kappa shape index (κ2) is 5.23. The molecule has 1 aliphatic rings. The third kappa shape index (κ3) is 3.23. The van der Waals surface area contributed by atoms with Gasteiger partial charge in [0.2, 0.25) is 0 Å². The quantitative estimate of drug-likeness (QED) is 0.684. The molecule has 0 spiro atoms. The molecular weight excluding hydrogens is 216 g/mol. The van der Waals surface area contributed by atoms with E-state index in [1.54, 1.807) is 12.3 Å². The number of H-pyrrole nitrogens is 1. The molecule has 0 bridgehead atoms. The van der Waals surface area contributed by atoms with Crippen molar-refractivity contribution in [2.45, 2.75) is 25.8 Å². The number of hydrogen-bond donors (Lipinski definition) is 3. The van der Waals surface area contributed by atoms with E-state index in [2.05, 4.69) is 22.1 Å². The van der Waals surface area contributed by atoms with Gasteiger partial charge in [-0.2, -0.15) is 0 Å². The smallest absolute Gasteiger partial charge is 0.267 e. The van der Waals surface area contributed by atoms with Gasteiger partial charge < -0.3 is 16.0 Å². The lowest BCUT2D eigenvalue weighted by molar-refractivity contribution is 0.0943. The van der Waals surface area contributed by atoms with Crippen molar-refractivity contribution in [1.82, 2.24) is 15.2 Å². The average Bonchev–Trinajstić information content (AvgIpc) is 3.06. The van der Waals surface area contributed by atoms with Crippen LogP contribution < -0.4 is 11.1 Å². The van der Waals surface area contributed by atoms with Gasteiger partial charge in [-0.1, -0.05) is 6.92 Å². The third-order valence-corrected chi connectivity index (χ3v) is 3.10. The van der Waals surface area contributed by atoms with E-state index in [-0.39, 0.29) is 5.91 Å². The highest BCUT2D eigenvalue weighted by molar-refractivity contribution is 5.93. The maximum atomic E-state index is 11.7. The number of likely N-dealkylation sites (N-methyl/N-ethyl adjacent to an activating group) is 1. The lowest BCUT2D eigenvalue weighted by Gasteiger charge is -2.19. The first-order valence-electron chi connectivity index (χ1n) is 6.17. The minimum Gasteiger partial charge on any atom is -0.397 e. The zero-order valence-electron chi connectivity index (χ0n) is 10.2. The highest BCUT2D eigenvalue weighted by Crippen LogP contribution is 2.25. The molecule has 1 amide bonds. The zero-order valence-corrected chi connectivity index (χ0v) is 10.2. The normalized spacial score (nSPS) is 15.2. The van der Waals surface area contributed by atoms with Crippen molar-refractivity contribution >= 4 is 11.6 Å². The predicted octanol–water partition coefficient (Wildman–Crippen LogP) is 0.811. The van der Waals surface area contributed by atoms with Crippen LogP contribution in [0.2, 0.25) is 0 Å². The molecule has 5 nitrogen and oxygen atoms in total. The van der Waals surface area contributed by atoms with Crippen LogP contribution in [-0.2, 0) is 0 Å². The molecular formula is C12H20N4O. The number of rotatable bonds is 6. The highest BCUT2D eigenvalue weighted by atomic mass is 16.1. The lowest BCUT2D eigenvalue weighted by atomic mass is 10.4. The van der Waals surface area contributed by atoms with Crippen molar-refractivity contribution in [3.63, 3.8) is 0 Å². The predicted molar refractivity (Wildman–Crippen MR) is 67.8 cm³/mol. The Labute approximate surface area is 101 Å². The van der Waals surface area contributed by atoms with Crippen LogP contribution in [0.1, 0.15) is 30.3 Å². The fraction of sp³-hybridized carbons (Fsp3) is 0.583. The van der Waals surface area contributed by atoms with E-state index in [9.17, 15) is 4.79 Å². The minimum absolute atomic E-state index is 0.0893. The molecule has 0 atom stereocenters. The number of amides is 1. The Hall–Kier alpha value is -1.49. The highest BCUT2D eigenvalue weighted by Gasteiger charge is 2.27. The Kier molecular flexibility index (Phi) is 3.68. The summed E-state index contributed by atoms with van der Waals surface area (Å²) in [6, 6.07) is 2.39. The van der Waals surface area contributed by atoms with Crippen LogP contribution in [0.25, 0.3) is 0 Å². The molecule has 1 aromatic heterocycles. The fourth-order valence-electron chi connectivity index (χ4n) is 1.99. The first-order valence-corrected chi connectivity index (χ1v) is 6.17. The molecule has 1 aromatic rings. The van der Waals surface area contributed by atoms with Crippen LogP contribution in [0.4, 0.5) is 5.69 Å². The van der Waals surface area contributed by atoms with E-state index in [0.717, 1.165) is 19.1 Å². The molecule has 0 radical (unpaired) electrons. The SMILES string of the molecule is CCN(CCNC(=O)c1cc(N)c[nH]1)C1CC1. The number of aromatic nitrogens is 1. The topological polar surface area (TPSA) is 74.2 Å². The Bertz CT molecular complexity index is 384. The van der Waals surface area contributed by atoms with E-state index in [0.29, 0.717) is 17.9 Å². The summed E-state index contributed by atoms with van der Waals surface area (Å²) in [7, 11) is 0. The van der Waals surface area contributed by atoms with Gasteiger partial charge in [0.1, 0.15) is 5.69 Å². The number of nitrogens with two attached hydrogens (primary N) is 1. The van der Waals surface area contributed by atoms with Crippen LogP contribution in [0, 0.1) is 0 Å². The van der Waals surface area contributed by atoms with Gasteiger partial charge in [-0.05, 0) is 25.5 Å². The summed E-state index contributed by atoms with van der Waals surface area (Å²) in [5.74, 6) is -0.0893. The van der Waals surface area contributed by atoms with Crippen molar-refractivity contribution in [1.29, 1.82) is 0 Å². The van der Waals surface area contributed by atoms with Crippen LogP contribution in [0.3, 0.4) is 0 Å². The van der Waals surface area contributed by atoms with Crippen molar-refractivity contribution in [2.75, 3.05) is 25.4 Å². The fourth-order valence-corrected chi connectivity index (χ4v) is 1.99. The third-order valence-electron chi connectivity index (χ3n) is 3.10. The molecule has 1 saturated carbocycles. The van der Waals surface area contributed by atoms with Gasteiger partial charge >= 0.3 is 0 Å². The number of carbonyl (C=O) groups is 1. The molecule has 0 saturated heterocycles. The number of nitrogens with zero attached hydrogens (tertiary/aromatic N) is 1. The molecule has 0 aliphatic heterocycles. The molecule has 94 valence electrons. The molecule has 2 rings (SSSR count). The monoisotopic (exact) mass is 236 g/mol. The van der Waals surface area contributed by atoms with Gasteiger partial charge in [-0.15, -0.1) is 0 Å². The molecule has 17 heavy (non-hydrogen) atoms. The van der Waals surface area contributed by atoms with Gasteiger partial charge in [0.25, 0.3) is 5.91 Å². The number of nitrogens with one attached hydrogen (secondary N) is 2. The summed E-state index contributed by atoms with van der Waals surface area (Å²) in [6.45, 7) is 4.81. The maximum Gasteiger partial charge on any atom is 0.267 e. The largest absolute Gasteiger partial charge is 0.397 e. The van der Waals surface area contributed by atoms with Crippen LogP contribution >= 0.6 is 0 Å². The summed E-state index contributed by atoms with van der Waals surface area (Å²) in [6.07, 6.45) is 4.22. The average molecular weight is 236 g/mol. The van der Waals surface area contributed by atoms with Crippen LogP contribution in [-0.4, -0.2) is 41.5 Å². The number of anilines is 1. The molecule has 1 aliphatic carbocycles. The van der Waals surface area contributed by atoms with Crippen molar-refractivity contribution in [2.24, 2.45) is 0 Å². The minimum atomic E-state index is -0.0893. The van der Waals surface area contributed by atoms with Crippen molar-refractivity contribution < 1.29 is 4.79 Å². The molecule has 0 aromatic carbocycles. The molecule has 4 N–H and O–H groups in total. The number of aromatic amines is 1. The summed E-state index contributed by atoms with van der Waals surface area (Å²) in [5.41, 5.74) is 6.65. The Morgan fingerprint density at radius 3 is 2.94 bits per heavy atom. The number of carbonyl (C=O) groups excluding carboxylic acids is 1. The van der Waals surface area contributed by atoms with Gasteiger partial charge in [-0.3, -0.25) is 9.69 Å². The lowest BCUT2D eigenvalue weighted by Crippen LogP contribution is -2.36. The molecule has 1 fully saturated rings. The summed E-state index contributed by atoms with van der Waals surface area (Å²) < 4.78 is 0. The second-order valence-corrected chi connectivity index (χ2v) is 4.46. The number of hydrogen-bond acceptors (Lipinski definition) is 3. The summed E-state index contributed by atoms with van der Waals surface area (Å²) in [5, 5.41) is 2.89. The van der Waals surface area contributed by atoms with Gasteiger partial charge in [0, 0.05) is 31.0 Å². The van der Waals surface area contributed by atoms with Crippen LogP contribution in [0.15, 0.2) is 12.3 Å². The van der Waals surface area contributed by atoms with E-state index < -0.39 is 0 Å². The van der Waals surface area contributed by atoms with Gasteiger partial charge in [-0.25, -0.2) is 0 Å². The first kappa shape index (κ1) is 12.0. The van der Waals surface area contributed by atoms with E-state index >= 15 is 0 Å².